The standard InChI is InChI=1S/C14H9Cl4N3/c1-7(15)13-20-12-5-10(18)6-19-14(12)21(13)11-3-8(16)2-9(17)4-11/h2-7H,1H3. The van der Waals surface area contributed by atoms with Crippen LogP contribution in [0.25, 0.3) is 16.9 Å². The molecule has 0 aliphatic carbocycles. The van der Waals surface area contributed by atoms with Crippen LogP contribution in [-0.2, 0) is 0 Å². The van der Waals surface area contributed by atoms with E-state index in [1.807, 2.05) is 11.5 Å². The number of nitrogens with zero attached hydrogens (tertiary/aromatic N) is 3. The number of halogens is 4. The van der Waals surface area contributed by atoms with Crippen LogP contribution in [-0.4, -0.2) is 14.5 Å². The molecule has 2 heterocycles. The van der Waals surface area contributed by atoms with Crippen LogP contribution in [0, 0.1) is 0 Å². The SMILES string of the molecule is CC(Cl)c1nc2cc(Cl)cnc2n1-c1cc(Cl)cc(Cl)c1. The van der Waals surface area contributed by atoms with Gasteiger partial charge >= 0.3 is 0 Å². The zero-order chi connectivity index (χ0) is 15.1. The van der Waals surface area contributed by atoms with Crippen LogP contribution < -0.4 is 0 Å². The molecule has 0 radical (unpaired) electrons. The number of aromatic nitrogens is 3. The summed E-state index contributed by atoms with van der Waals surface area (Å²) < 4.78 is 1.83. The van der Waals surface area contributed by atoms with Gasteiger partial charge in [0, 0.05) is 16.2 Å². The van der Waals surface area contributed by atoms with Crippen molar-refractivity contribution >= 4 is 57.6 Å². The van der Waals surface area contributed by atoms with Gasteiger partial charge in [-0.15, -0.1) is 11.6 Å². The molecule has 3 rings (SSSR count). The maximum Gasteiger partial charge on any atom is 0.164 e. The van der Waals surface area contributed by atoms with Crippen LogP contribution in [0.2, 0.25) is 15.1 Å². The smallest absolute Gasteiger partial charge is 0.164 e. The summed E-state index contributed by atoms with van der Waals surface area (Å²) in [7, 11) is 0. The normalized spacial score (nSPS) is 12.8. The van der Waals surface area contributed by atoms with Crippen LogP contribution >= 0.6 is 46.4 Å². The Morgan fingerprint density at radius 2 is 1.67 bits per heavy atom. The summed E-state index contributed by atoms with van der Waals surface area (Å²) in [5, 5.41) is 1.27. The highest BCUT2D eigenvalue weighted by Gasteiger charge is 2.18. The first-order valence-corrected chi connectivity index (χ1v) is 7.67. The van der Waals surface area contributed by atoms with Crippen LogP contribution in [0.15, 0.2) is 30.5 Å². The van der Waals surface area contributed by atoms with E-state index in [0.29, 0.717) is 32.1 Å². The van der Waals surface area contributed by atoms with E-state index in [1.165, 1.54) is 0 Å². The van der Waals surface area contributed by atoms with E-state index in [9.17, 15) is 0 Å². The Hall–Kier alpha value is -1.000. The quantitative estimate of drug-likeness (QED) is 0.550. The Morgan fingerprint density at radius 1 is 1.00 bits per heavy atom. The van der Waals surface area contributed by atoms with Gasteiger partial charge in [-0.1, -0.05) is 34.8 Å². The first-order valence-electron chi connectivity index (χ1n) is 6.10. The van der Waals surface area contributed by atoms with E-state index in [1.54, 1.807) is 30.5 Å². The molecule has 1 unspecified atom stereocenters. The maximum atomic E-state index is 6.24. The molecule has 7 heteroatoms. The van der Waals surface area contributed by atoms with E-state index in [-0.39, 0.29) is 5.38 Å². The number of rotatable bonds is 2. The lowest BCUT2D eigenvalue weighted by molar-refractivity contribution is 0.877. The number of pyridine rings is 1. The third kappa shape index (κ3) is 2.84. The fraction of sp³-hybridized carbons (Fsp3) is 0.143. The number of alkyl halides is 1. The van der Waals surface area contributed by atoms with Crippen molar-refractivity contribution in [1.29, 1.82) is 0 Å². The van der Waals surface area contributed by atoms with Gasteiger partial charge in [-0.2, -0.15) is 0 Å². The molecule has 3 aromatic rings. The van der Waals surface area contributed by atoms with Gasteiger partial charge in [0.1, 0.15) is 11.3 Å². The minimum atomic E-state index is -0.310. The Bertz CT molecular complexity index is 806. The highest BCUT2D eigenvalue weighted by Crippen LogP contribution is 2.30. The third-order valence-electron chi connectivity index (χ3n) is 2.95. The second-order valence-corrected chi connectivity index (χ2v) is 6.51. The molecular formula is C14H9Cl4N3. The van der Waals surface area contributed by atoms with Crippen molar-refractivity contribution in [3.8, 4) is 5.69 Å². The summed E-state index contributed by atoms with van der Waals surface area (Å²) in [6, 6.07) is 6.98. The first-order chi connectivity index (χ1) is 9.95. The molecule has 21 heavy (non-hydrogen) atoms. The lowest BCUT2D eigenvalue weighted by Gasteiger charge is -2.11. The Balaban J connectivity index is 2.36. The van der Waals surface area contributed by atoms with Crippen molar-refractivity contribution in [2.45, 2.75) is 12.3 Å². The molecule has 1 aromatic carbocycles. The molecule has 1 atom stereocenters. The number of benzene rings is 1. The van der Waals surface area contributed by atoms with Crippen molar-refractivity contribution in [1.82, 2.24) is 14.5 Å². The average Bonchev–Trinajstić information content (AvgIpc) is 2.76. The molecule has 3 nitrogen and oxygen atoms in total. The van der Waals surface area contributed by atoms with Crippen molar-refractivity contribution in [2.24, 2.45) is 0 Å². The predicted molar refractivity (Wildman–Crippen MR) is 88.2 cm³/mol. The Kier molecular flexibility index (Phi) is 4.02. The van der Waals surface area contributed by atoms with Crippen molar-refractivity contribution in [2.75, 3.05) is 0 Å². The molecule has 0 N–H and O–H groups in total. The van der Waals surface area contributed by atoms with Crippen LogP contribution in [0.5, 0.6) is 0 Å². The fourth-order valence-corrected chi connectivity index (χ4v) is 2.96. The molecule has 0 aliphatic heterocycles. The second-order valence-electron chi connectivity index (χ2n) is 4.55. The molecule has 0 amide bonds. The Labute approximate surface area is 141 Å². The summed E-state index contributed by atoms with van der Waals surface area (Å²) in [4.78, 5) is 8.85. The zero-order valence-electron chi connectivity index (χ0n) is 10.8. The third-order valence-corrected chi connectivity index (χ3v) is 3.79. The number of fused-ring (bicyclic) bond motifs is 1. The molecule has 0 aliphatic rings. The molecule has 0 bridgehead atoms. The van der Waals surface area contributed by atoms with Gasteiger partial charge in [0.25, 0.3) is 0 Å². The summed E-state index contributed by atoms with van der Waals surface area (Å²) in [5.74, 6) is 0.653. The number of hydrogen-bond acceptors (Lipinski definition) is 2. The minimum absolute atomic E-state index is 0.310. The summed E-state index contributed by atoms with van der Waals surface area (Å²) in [6.07, 6.45) is 1.57. The molecule has 2 aromatic heterocycles. The molecule has 0 saturated heterocycles. The van der Waals surface area contributed by atoms with Gasteiger partial charge < -0.3 is 0 Å². The van der Waals surface area contributed by atoms with E-state index in [0.717, 1.165) is 5.69 Å². The molecule has 0 fully saturated rings. The molecule has 0 saturated carbocycles. The monoisotopic (exact) mass is 359 g/mol. The van der Waals surface area contributed by atoms with Crippen molar-refractivity contribution in [3.05, 3.63) is 51.4 Å². The number of imidazole rings is 1. The van der Waals surface area contributed by atoms with Gasteiger partial charge in [-0.25, -0.2) is 9.97 Å². The molecule has 0 spiro atoms. The topological polar surface area (TPSA) is 30.7 Å². The van der Waals surface area contributed by atoms with E-state index < -0.39 is 0 Å². The highest BCUT2D eigenvalue weighted by atomic mass is 35.5. The van der Waals surface area contributed by atoms with Crippen LogP contribution in [0.1, 0.15) is 18.1 Å². The lowest BCUT2D eigenvalue weighted by Crippen LogP contribution is -2.02. The first kappa shape index (κ1) is 14.9. The minimum Gasteiger partial charge on any atom is -0.279 e. The van der Waals surface area contributed by atoms with Gasteiger partial charge in [-0.05, 0) is 31.2 Å². The summed E-state index contributed by atoms with van der Waals surface area (Å²) in [5.41, 5.74) is 2.08. The lowest BCUT2D eigenvalue weighted by atomic mass is 10.3. The zero-order valence-corrected chi connectivity index (χ0v) is 13.8. The van der Waals surface area contributed by atoms with E-state index in [2.05, 4.69) is 9.97 Å². The molecular weight excluding hydrogens is 352 g/mol. The van der Waals surface area contributed by atoms with Gasteiger partial charge in [0.05, 0.1) is 16.1 Å². The van der Waals surface area contributed by atoms with Gasteiger partial charge in [0.15, 0.2) is 5.65 Å². The highest BCUT2D eigenvalue weighted by molar-refractivity contribution is 6.35. The van der Waals surface area contributed by atoms with Crippen molar-refractivity contribution in [3.63, 3.8) is 0 Å². The van der Waals surface area contributed by atoms with E-state index in [4.69, 9.17) is 46.4 Å². The average molecular weight is 361 g/mol. The fourth-order valence-electron chi connectivity index (χ4n) is 2.15. The van der Waals surface area contributed by atoms with Gasteiger partial charge in [0.2, 0.25) is 0 Å². The molecule has 108 valence electrons. The summed E-state index contributed by atoms with van der Waals surface area (Å²) in [6.45, 7) is 1.84. The largest absolute Gasteiger partial charge is 0.279 e. The van der Waals surface area contributed by atoms with Crippen LogP contribution in [0.3, 0.4) is 0 Å². The second kappa shape index (κ2) is 5.65. The maximum absolute atomic E-state index is 6.24. The Morgan fingerprint density at radius 3 is 2.29 bits per heavy atom. The van der Waals surface area contributed by atoms with Crippen LogP contribution in [0.4, 0.5) is 0 Å². The van der Waals surface area contributed by atoms with E-state index >= 15 is 0 Å². The predicted octanol–water partition coefficient (Wildman–Crippen LogP) is 5.68. The number of hydrogen-bond donors (Lipinski definition) is 0. The van der Waals surface area contributed by atoms with Gasteiger partial charge in [-0.3, -0.25) is 4.57 Å². The van der Waals surface area contributed by atoms with Crippen molar-refractivity contribution < 1.29 is 0 Å². The summed E-state index contributed by atoms with van der Waals surface area (Å²) >= 11 is 24.4.